The van der Waals surface area contributed by atoms with E-state index in [1.165, 1.54) is 17.3 Å². The number of aromatic nitrogens is 2. The number of benzene rings is 1. The van der Waals surface area contributed by atoms with Crippen molar-refractivity contribution in [3.8, 4) is 0 Å². The molecule has 3 heterocycles. The van der Waals surface area contributed by atoms with Crippen LogP contribution >= 0.6 is 0 Å². The van der Waals surface area contributed by atoms with E-state index in [4.69, 9.17) is 9.84 Å². The van der Waals surface area contributed by atoms with Gasteiger partial charge in [-0.05, 0) is 50.9 Å². The summed E-state index contributed by atoms with van der Waals surface area (Å²) < 4.78 is 34.5. The third-order valence-electron chi connectivity index (χ3n) is 6.09. The van der Waals surface area contributed by atoms with E-state index < -0.39 is 17.5 Å². The molecule has 1 N–H and O–H groups in total. The maximum atomic E-state index is 13.7. The van der Waals surface area contributed by atoms with Gasteiger partial charge in [-0.3, -0.25) is 14.4 Å². The molecule has 0 atom stereocenters. The van der Waals surface area contributed by atoms with Crippen molar-refractivity contribution in [1.29, 1.82) is 0 Å². The molecule has 2 aliphatic rings. The lowest BCUT2D eigenvalue weighted by atomic mass is 9.96. The number of likely N-dealkylation sites (tertiary alicyclic amines) is 1. The van der Waals surface area contributed by atoms with Gasteiger partial charge in [-0.2, -0.15) is 5.10 Å². The van der Waals surface area contributed by atoms with Crippen LogP contribution in [0.25, 0.3) is 0 Å². The highest BCUT2D eigenvalue weighted by Gasteiger charge is 2.25. The van der Waals surface area contributed by atoms with E-state index in [0.29, 0.717) is 19.1 Å². The maximum Gasteiger partial charge on any atom is 0.254 e. The van der Waals surface area contributed by atoms with E-state index in [1.807, 2.05) is 0 Å². The van der Waals surface area contributed by atoms with E-state index in [-0.39, 0.29) is 5.56 Å². The number of amides is 1. The van der Waals surface area contributed by atoms with Gasteiger partial charge >= 0.3 is 0 Å². The van der Waals surface area contributed by atoms with Crippen molar-refractivity contribution in [2.45, 2.75) is 45.9 Å². The number of fused-ring (bicyclic) bond motifs is 1. The topological polar surface area (TPSA) is 59.4 Å². The Morgan fingerprint density at radius 2 is 2.10 bits per heavy atom. The molecule has 6 nitrogen and oxygen atoms in total. The van der Waals surface area contributed by atoms with Gasteiger partial charge in [-0.1, -0.05) is 0 Å². The fourth-order valence-corrected chi connectivity index (χ4v) is 4.33. The minimum Gasteiger partial charge on any atom is -0.376 e. The Hall–Kier alpha value is -2.32. The smallest absolute Gasteiger partial charge is 0.254 e. The highest BCUT2D eigenvalue weighted by molar-refractivity contribution is 5.94. The summed E-state index contributed by atoms with van der Waals surface area (Å²) in [6.07, 6.45) is 2.84. The molecule has 162 valence electrons. The summed E-state index contributed by atoms with van der Waals surface area (Å²) >= 11 is 0. The summed E-state index contributed by atoms with van der Waals surface area (Å²) in [6, 6.07) is 3.01. The maximum absolute atomic E-state index is 13.7. The standard InChI is InChI=1S/C22H28F2N4O2/c1-2-28-21-7-10-30-14-18(21)20(26-28)13-27-8-5-15(6-9-27)12-25-22(29)17-4-3-16(23)11-19(17)24/h3-4,11,15H,2,5-10,12-14H2,1H3,(H,25,29). The predicted molar refractivity (Wildman–Crippen MR) is 108 cm³/mol. The minimum absolute atomic E-state index is 0.118. The lowest BCUT2D eigenvalue weighted by Crippen LogP contribution is -2.38. The van der Waals surface area contributed by atoms with Crippen LogP contribution in [0, 0.1) is 17.6 Å². The first kappa shape index (κ1) is 20.9. The second-order valence-electron chi connectivity index (χ2n) is 8.04. The third-order valence-corrected chi connectivity index (χ3v) is 6.09. The van der Waals surface area contributed by atoms with Gasteiger partial charge in [0.05, 0.1) is 24.5 Å². The van der Waals surface area contributed by atoms with Crippen molar-refractivity contribution in [2.75, 3.05) is 26.2 Å². The molecular formula is C22H28F2N4O2. The lowest BCUT2D eigenvalue weighted by Gasteiger charge is -2.31. The average Bonchev–Trinajstić information content (AvgIpc) is 3.11. The molecule has 0 unspecified atom stereocenters. The van der Waals surface area contributed by atoms with Gasteiger partial charge in [0.25, 0.3) is 5.91 Å². The number of nitrogens with zero attached hydrogens (tertiary/aromatic N) is 3. The number of ether oxygens (including phenoxy) is 1. The van der Waals surface area contributed by atoms with Crippen LogP contribution in [0.1, 0.15) is 47.1 Å². The predicted octanol–water partition coefficient (Wildman–Crippen LogP) is 2.90. The highest BCUT2D eigenvalue weighted by atomic mass is 19.1. The van der Waals surface area contributed by atoms with Gasteiger partial charge in [0, 0.05) is 43.4 Å². The number of halogens is 2. The largest absolute Gasteiger partial charge is 0.376 e. The van der Waals surface area contributed by atoms with Crippen molar-refractivity contribution in [3.05, 3.63) is 52.3 Å². The number of nitrogens with one attached hydrogen (secondary N) is 1. The molecule has 0 saturated carbocycles. The quantitative estimate of drug-likeness (QED) is 0.784. The summed E-state index contributed by atoms with van der Waals surface area (Å²) in [5, 5.41) is 7.60. The Morgan fingerprint density at radius 1 is 1.30 bits per heavy atom. The Bertz CT molecular complexity index is 907. The van der Waals surface area contributed by atoms with E-state index in [1.54, 1.807) is 0 Å². The normalized spacial score (nSPS) is 17.7. The summed E-state index contributed by atoms with van der Waals surface area (Å²) in [4.78, 5) is 14.6. The summed E-state index contributed by atoms with van der Waals surface area (Å²) in [7, 11) is 0. The molecule has 0 bridgehead atoms. The molecular weight excluding hydrogens is 390 g/mol. The van der Waals surface area contributed by atoms with Crippen LogP contribution < -0.4 is 5.32 Å². The van der Waals surface area contributed by atoms with E-state index in [2.05, 4.69) is 21.8 Å². The molecule has 0 spiro atoms. The summed E-state index contributed by atoms with van der Waals surface area (Å²) in [5.41, 5.74) is 3.56. The number of piperidine rings is 1. The fourth-order valence-electron chi connectivity index (χ4n) is 4.33. The first-order valence-corrected chi connectivity index (χ1v) is 10.7. The summed E-state index contributed by atoms with van der Waals surface area (Å²) in [6.45, 7) is 7.57. The second-order valence-corrected chi connectivity index (χ2v) is 8.04. The molecule has 1 fully saturated rings. The number of hydrogen-bond acceptors (Lipinski definition) is 4. The Kier molecular flexibility index (Phi) is 6.43. The molecule has 0 radical (unpaired) electrons. The van der Waals surface area contributed by atoms with Gasteiger partial charge in [-0.15, -0.1) is 0 Å². The Morgan fingerprint density at radius 3 is 2.83 bits per heavy atom. The Balaban J connectivity index is 1.27. The van der Waals surface area contributed by atoms with Gasteiger partial charge in [0.2, 0.25) is 0 Å². The third kappa shape index (κ3) is 4.54. The molecule has 2 aromatic rings. The van der Waals surface area contributed by atoms with Gasteiger partial charge in [0.1, 0.15) is 11.6 Å². The van der Waals surface area contributed by atoms with Crippen LogP contribution in [-0.4, -0.2) is 46.8 Å². The zero-order valence-corrected chi connectivity index (χ0v) is 17.3. The van der Waals surface area contributed by atoms with Crippen molar-refractivity contribution < 1.29 is 18.3 Å². The molecule has 1 aromatic carbocycles. The molecule has 1 aromatic heterocycles. The van der Waals surface area contributed by atoms with E-state index in [0.717, 1.165) is 69.9 Å². The number of rotatable bonds is 6. The van der Waals surface area contributed by atoms with E-state index >= 15 is 0 Å². The monoisotopic (exact) mass is 418 g/mol. The first-order chi connectivity index (χ1) is 14.5. The summed E-state index contributed by atoms with van der Waals surface area (Å²) in [5.74, 6) is -1.67. The van der Waals surface area contributed by atoms with E-state index in [9.17, 15) is 13.6 Å². The molecule has 2 aliphatic heterocycles. The molecule has 1 saturated heterocycles. The number of aryl methyl sites for hydroxylation is 1. The fraction of sp³-hybridized carbons (Fsp3) is 0.545. The van der Waals surface area contributed by atoms with Crippen molar-refractivity contribution in [1.82, 2.24) is 20.0 Å². The van der Waals surface area contributed by atoms with Crippen LogP contribution in [0.15, 0.2) is 18.2 Å². The molecule has 30 heavy (non-hydrogen) atoms. The van der Waals surface area contributed by atoms with Crippen molar-refractivity contribution in [2.24, 2.45) is 5.92 Å². The SMILES string of the molecule is CCn1nc(CN2CCC(CNC(=O)c3ccc(F)cc3F)CC2)c2c1CCOC2. The van der Waals surface area contributed by atoms with Gasteiger partial charge < -0.3 is 10.1 Å². The molecule has 0 aliphatic carbocycles. The number of carbonyl (C=O) groups is 1. The average molecular weight is 418 g/mol. The van der Waals surface area contributed by atoms with Crippen LogP contribution in [-0.2, 0) is 30.9 Å². The second kappa shape index (κ2) is 9.22. The van der Waals surface area contributed by atoms with Crippen LogP contribution in [0.5, 0.6) is 0 Å². The number of carbonyl (C=O) groups excluding carboxylic acids is 1. The molecule has 4 rings (SSSR count). The Labute approximate surface area is 175 Å². The minimum atomic E-state index is -0.832. The zero-order valence-electron chi connectivity index (χ0n) is 17.3. The molecule has 1 amide bonds. The number of hydrogen-bond donors (Lipinski definition) is 1. The van der Waals surface area contributed by atoms with Gasteiger partial charge in [-0.25, -0.2) is 8.78 Å². The van der Waals surface area contributed by atoms with Crippen LogP contribution in [0.2, 0.25) is 0 Å². The van der Waals surface area contributed by atoms with Crippen LogP contribution in [0.3, 0.4) is 0 Å². The highest BCUT2D eigenvalue weighted by Crippen LogP contribution is 2.24. The van der Waals surface area contributed by atoms with Crippen LogP contribution in [0.4, 0.5) is 8.78 Å². The van der Waals surface area contributed by atoms with Gasteiger partial charge in [0.15, 0.2) is 0 Å². The zero-order chi connectivity index (χ0) is 21.1. The van der Waals surface area contributed by atoms with Crippen molar-refractivity contribution >= 4 is 5.91 Å². The first-order valence-electron chi connectivity index (χ1n) is 10.7. The lowest BCUT2D eigenvalue weighted by molar-refractivity contribution is 0.0930. The molecule has 8 heteroatoms. The van der Waals surface area contributed by atoms with Crippen molar-refractivity contribution in [3.63, 3.8) is 0 Å².